The summed E-state index contributed by atoms with van der Waals surface area (Å²) in [6.07, 6.45) is 3.32. The van der Waals surface area contributed by atoms with Crippen molar-refractivity contribution in [3.05, 3.63) is 22.7 Å². The van der Waals surface area contributed by atoms with Crippen LogP contribution in [0, 0.1) is 0 Å². The Balaban J connectivity index is 2.02. The first-order valence-corrected chi connectivity index (χ1v) is 8.09. The van der Waals surface area contributed by atoms with Crippen molar-refractivity contribution in [1.82, 2.24) is 4.98 Å². The number of nitrogens with zero attached hydrogens (tertiary/aromatic N) is 1. The van der Waals surface area contributed by atoms with Gasteiger partial charge in [0.1, 0.15) is 0 Å². The van der Waals surface area contributed by atoms with Crippen LogP contribution in [-0.4, -0.2) is 23.5 Å². The smallest absolute Gasteiger partial charge is 0.183 e. The Morgan fingerprint density at radius 3 is 3.19 bits per heavy atom. The molecule has 0 aliphatic rings. The van der Waals surface area contributed by atoms with Crippen LogP contribution in [0.5, 0.6) is 0 Å². The Kier molecular flexibility index (Phi) is 4.49. The van der Waals surface area contributed by atoms with Gasteiger partial charge in [-0.1, -0.05) is 27.3 Å². The average molecular weight is 317 g/mol. The fraction of sp³-hybridized carbons (Fsp3) is 0.364. The number of aromatic nitrogens is 1. The third kappa shape index (κ3) is 3.12. The molecule has 0 saturated heterocycles. The van der Waals surface area contributed by atoms with Crippen LogP contribution in [0.1, 0.15) is 6.42 Å². The molecule has 5 heteroatoms. The summed E-state index contributed by atoms with van der Waals surface area (Å²) in [7, 11) is 0. The highest BCUT2D eigenvalue weighted by Gasteiger charge is 2.03. The normalized spacial score (nSPS) is 10.9. The third-order valence-electron chi connectivity index (χ3n) is 2.15. The van der Waals surface area contributed by atoms with Crippen LogP contribution in [0.15, 0.2) is 22.7 Å². The molecule has 1 aromatic carbocycles. The molecular formula is C11H13BrN2S2. The molecule has 1 N–H and O–H groups in total. The second-order valence-corrected chi connectivity index (χ2v) is 6.34. The number of halogens is 1. The van der Waals surface area contributed by atoms with Crippen molar-refractivity contribution in [1.29, 1.82) is 0 Å². The first kappa shape index (κ1) is 12.2. The molecule has 2 aromatic rings. The lowest BCUT2D eigenvalue weighted by atomic mass is 10.3. The minimum atomic E-state index is 1.00. The topological polar surface area (TPSA) is 24.9 Å². The number of benzene rings is 1. The zero-order valence-corrected chi connectivity index (χ0v) is 12.2. The maximum atomic E-state index is 4.53. The van der Waals surface area contributed by atoms with E-state index < -0.39 is 0 Å². The van der Waals surface area contributed by atoms with Crippen molar-refractivity contribution in [2.45, 2.75) is 6.42 Å². The molecular weight excluding hydrogens is 304 g/mol. The number of thioether (sulfide) groups is 1. The van der Waals surface area contributed by atoms with Crippen molar-refractivity contribution in [2.75, 3.05) is 23.9 Å². The summed E-state index contributed by atoms with van der Waals surface area (Å²) in [6.45, 7) is 1.00. The van der Waals surface area contributed by atoms with Crippen LogP contribution < -0.4 is 5.32 Å². The van der Waals surface area contributed by atoms with Gasteiger partial charge < -0.3 is 5.32 Å². The van der Waals surface area contributed by atoms with Gasteiger partial charge in [0.15, 0.2) is 5.13 Å². The molecule has 0 unspecified atom stereocenters. The van der Waals surface area contributed by atoms with Gasteiger partial charge >= 0.3 is 0 Å². The lowest BCUT2D eigenvalue weighted by Gasteiger charge is -1.99. The van der Waals surface area contributed by atoms with E-state index in [9.17, 15) is 0 Å². The number of hydrogen-bond acceptors (Lipinski definition) is 4. The predicted octanol–water partition coefficient (Wildman–Crippen LogP) is 4.22. The van der Waals surface area contributed by atoms with Crippen LogP contribution >= 0.6 is 39.0 Å². The fourth-order valence-electron chi connectivity index (χ4n) is 1.39. The number of fused-ring (bicyclic) bond motifs is 1. The monoisotopic (exact) mass is 316 g/mol. The van der Waals surface area contributed by atoms with E-state index in [1.165, 1.54) is 16.9 Å². The first-order chi connectivity index (χ1) is 7.79. The van der Waals surface area contributed by atoms with Crippen molar-refractivity contribution in [2.24, 2.45) is 0 Å². The highest BCUT2D eigenvalue weighted by atomic mass is 79.9. The Bertz CT molecular complexity index is 470. The second-order valence-electron chi connectivity index (χ2n) is 3.40. The van der Waals surface area contributed by atoms with Gasteiger partial charge in [0.25, 0.3) is 0 Å². The van der Waals surface area contributed by atoms with Gasteiger partial charge in [-0.2, -0.15) is 11.8 Å². The lowest BCUT2D eigenvalue weighted by molar-refractivity contribution is 0.991. The van der Waals surface area contributed by atoms with E-state index in [2.05, 4.69) is 38.6 Å². The molecule has 0 atom stereocenters. The SMILES string of the molecule is CSCCCNc1nc2ccc(Br)cc2s1. The predicted molar refractivity (Wildman–Crippen MR) is 78.8 cm³/mol. The molecule has 0 aliphatic heterocycles. The van der Waals surface area contributed by atoms with Crippen LogP contribution in [0.2, 0.25) is 0 Å². The van der Waals surface area contributed by atoms with Crippen LogP contribution in [-0.2, 0) is 0 Å². The van der Waals surface area contributed by atoms with Crippen LogP contribution in [0.3, 0.4) is 0 Å². The van der Waals surface area contributed by atoms with Gasteiger partial charge in [-0.15, -0.1) is 0 Å². The van der Waals surface area contributed by atoms with Crippen LogP contribution in [0.25, 0.3) is 10.2 Å². The molecule has 2 nitrogen and oxygen atoms in total. The summed E-state index contributed by atoms with van der Waals surface area (Å²) < 4.78 is 2.33. The molecule has 1 heterocycles. The van der Waals surface area contributed by atoms with Crippen molar-refractivity contribution in [3.8, 4) is 0 Å². The summed E-state index contributed by atoms with van der Waals surface area (Å²) in [5, 5.41) is 4.39. The highest BCUT2D eigenvalue weighted by Crippen LogP contribution is 2.28. The minimum Gasteiger partial charge on any atom is -0.361 e. The maximum Gasteiger partial charge on any atom is 0.183 e. The summed E-state index contributed by atoms with van der Waals surface area (Å²) in [5.74, 6) is 1.20. The van der Waals surface area contributed by atoms with Gasteiger partial charge in [0, 0.05) is 11.0 Å². The Morgan fingerprint density at radius 2 is 2.38 bits per heavy atom. The van der Waals surface area contributed by atoms with Gasteiger partial charge in [-0.05, 0) is 36.6 Å². The molecule has 1 aromatic heterocycles. The van der Waals surface area contributed by atoms with Crippen molar-refractivity contribution < 1.29 is 0 Å². The average Bonchev–Trinajstić information content (AvgIpc) is 2.66. The summed E-state index contributed by atoms with van der Waals surface area (Å²) in [4.78, 5) is 4.53. The largest absolute Gasteiger partial charge is 0.361 e. The highest BCUT2D eigenvalue weighted by molar-refractivity contribution is 9.10. The Labute approximate surface area is 112 Å². The van der Waals surface area contributed by atoms with E-state index in [4.69, 9.17) is 0 Å². The molecule has 0 aliphatic carbocycles. The number of anilines is 1. The molecule has 2 rings (SSSR count). The maximum absolute atomic E-state index is 4.53. The van der Waals surface area contributed by atoms with Gasteiger partial charge in [0.05, 0.1) is 10.2 Å². The van der Waals surface area contributed by atoms with E-state index in [1.807, 2.05) is 23.9 Å². The van der Waals surface area contributed by atoms with E-state index in [1.54, 1.807) is 11.3 Å². The first-order valence-electron chi connectivity index (χ1n) is 5.08. The number of nitrogens with one attached hydrogen (secondary N) is 1. The number of hydrogen-bond donors (Lipinski definition) is 1. The lowest BCUT2D eigenvalue weighted by Crippen LogP contribution is -2.01. The Hall–Kier alpha value is -0.260. The van der Waals surface area contributed by atoms with Crippen LogP contribution in [0.4, 0.5) is 5.13 Å². The minimum absolute atomic E-state index is 1.00. The fourth-order valence-corrected chi connectivity index (χ4v) is 3.26. The third-order valence-corrected chi connectivity index (χ3v) is 4.32. The van der Waals surface area contributed by atoms with Gasteiger partial charge in [-0.3, -0.25) is 0 Å². The van der Waals surface area contributed by atoms with E-state index >= 15 is 0 Å². The van der Waals surface area contributed by atoms with Crippen molar-refractivity contribution in [3.63, 3.8) is 0 Å². The molecule has 86 valence electrons. The quantitative estimate of drug-likeness (QED) is 0.836. The van der Waals surface area contributed by atoms with E-state index in [0.29, 0.717) is 0 Å². The van der Waals surface area contributed by atoms with Gasteiger partial charge in [-0.25, -0.2) is 4.98 Å². The Morgan fingerprint density at radius 1 is 1.50 bits per heavy atom. The molecule has 0 spiro atoms. The summed E-state index contributed by atoms with van der Waals surface area (Å²) in [6, 6.07) is 6.18. The zero-order valence-electron chi connectivity index (χ0n) is 9.00. The molecule has 16 heavy (non-hydrogen) atoms. The number of thiazole rings is 1. The van der Waals surface area contributed by atoms with E-state index in [-0.39, 0.29) is 0 Å². The van der Waals surface area contributed by atoms with E-state index in [0.717, 1.165) is 21.7 Å². The molecule has 0 fully saturated rings. The molecule has 0 saturated carbocycles. The molecule has 0 bridgehead atoms. The molecule has 0 radical (unpaired) electrons. The van der Waals surface area contributed by atoms with Gasteiger partial charge in [0.2, 0.25) is 0 Å². The second kappa shape index (κ2) is 5.89. The summed E-state index contributed by atoms with van der Waals surface area (Å²) in [5.41, 5.74) is 1.07. The standard InChI is InChI=1S/C11H13BrN2S2/c1-15-6-2-5-13-11-14-9-4-3-8(12)7-10(9)16-11/h3-4,7H,2,5-6H2,1H3,(H,13,14). The van der Waals surface area contributed by atoms with Crippen molar-refractivity contribution >= 4 is 54.4 Å². The number of rotatable bonds is 5. The summed E-state index contributed by atoms with van der Waals surface area (Å²) >= 11 is 7.06. The molecule has 0 amide bonds. The zero-order chi connectivity index (χ0) is 11.4.